The Labute approximate surface area is 117 Å². The number of esters is 1. The molecule has 0 bridgehead atoms. The molecule has 0 aliphatic rings. The van der Waals surface area contributed by atoms with Gasteiger partial charge in [0, 0.05) is 5.39 Å². The molecule has 0 amide bonds. The van der Waals surface area contributed by atoms with Crippen LogP contribution in [0.1, 0.15) is 15.9 Å². The summed E-state index contributed by atoms with van der Waals surface area (Å²) in [5, 5.41) is 2.00. The maximum atomic E-state index is 12.1. The topological polar surface area (TPSA) is 26.3 Å². The van der Waals surface area contributed by atoms with Crippen molar-refractivity contribution in [1.29, 1.82) is 0 Å². The highest BCUT2D eigenvalue weighted by molar-refractivity contribution is 5.95. The van der Waals surface area contributed by atoms with Crippen LogP contribution in [-0.2, 0) is 0 Å². The van der Waals surface area contributed by atoms with E-state index in [1.807, 2.05) is 61.5 Å². The third kappa shape index (κ3) is 2.41. The van der Waals surface area contributed by atoms with Gasteiger partial charge in [-0.15, -0.1) is 0 Å². The Morgan fingerprint density at radius 3 is 2.35 bits per heavy atom. The van der Waals surface area contributed by atoms with Gasteiger partial charge in [-0.3, -0.25) is 0 Å². The van der Waals surface area contributed by atoms with Crippen molar-refractivity contribution in [2.45, 2.75) is 6.92 Å². The highest BCUT2D eigenvalue weighted by atomic mass is 16.5. The third-order valence-corrected chi connectivity index (χ3v) is 3.24. The van der Waals surface area contributed by atoms with Gasteiger partial charge in [0.2, 0.25) is 0 Å². The average molecular weight is 262 g/mol. The smallest absolute Gasteiger partial charge is 0.343 e. The maximum absolute atomic E-state index is 12.1. The van der Waals surface area contributed by atoms with Crippen molar-refractivity contribution in [2.24, 2.45) is 0 Å². The molecule has 0 fully saturated rings. The SMILES string of the molecule is Cc1ccc(C(=O)Oc2cccc3ccccc23)cc1. The molecular weight excluding hydrogens is 248 g/mol. The number of rotatable bonds is 2. The molecule has 3 aromatic carbocycles. The van der Waals surface area contributed by atoms with Crippen LogP contribution < -0.4 is 4.74 Å². The van der Waals surface area contributed by atoms with Crippen molar-refractivity contribution < 1.29 is 9.53 Å². The first-order valence-corrected chi connectivity index (χ1v) is 6.51. The number of carbonyl (C=O) groups is 1. The fourth-order valence-corrected chi connectivity index (χ4v) is 2.13. The molecule has 0 aliphatic carbocycles. The lowest BCUT2D eigenvalue weighted by molar-refractivity contribution is 0.0737. The molecule has 2 nitrogen and oxygen atoms in total. The minimum absolute atomic E-state index is 0.332. The number of ether oxygens (including phenoxy) is 1. The monoisotopic (exact) mass is 262 g/mol. The van der Waals surface area contributed by atoms with Gasteiger partial charge < -0.3 is 4.74 Å². The quantitative estimate of drug-likeness (QED) is 0.506. The van der Waals surface area contributed by atoms with Gasteiger partial charge in [0.25, 0.3) is 0 Å². The van der Waals surface area contributed by atoms with Crippen molar-refractivity contribution in [1.82, 2.24) is 0 Å². The zero-order chi connectivity index (χ0) is 13.9. The highest BCUT2D eigenvalue weighted by Crippen LogP contribution is 2.25. The zero-order valence-corrected chi connectivity index (χ0v) is 11.2. The Balaban J connectivity index is 1.93. The first-order chi connectivity index (χ1) is 9.74. The minimum Gasteiger partial charge on any atom is -0.422 e. The predicted octanol–water partition coefficient (Wildman–Crippen LogP) is 4.37. The summed E-state index contributed by atoms with van der Waals surface area (Å²) >= 11 is 0. The van der Waals surface area contributed by atoms with Gasteiger partial charge in [0.15, 0.2) is 0 Å². The molecule has 0 atom stereocenters. The summed E-state index contributed by atoms with van der Waals surface area (Å²) in [7, 11) is 0. The summed E-state index contributed by atoms with van der Waals surface area (Å²) in [5.41, 5.74) is 1.68. The fraction of sp³-hybridized carbons (Fsp3) is 0.0556. The van der Waals surface area contributed by atoms with Crippen molar-refractivity contribution in [3.63, 3.8) is 0 Å². The van der Waals surface area contributed by atoms with E-state index in [1.165, 1.54) is 0 Å². The molecule has 3 aromatic rings. The summed E-state index contributed by atoms with van der Waals surface area (Å²) in [4.78, 5) is 12.1. The van der Waals surface area contributed by atoms with Gasteiger partial charge in [0.1, 0.15) is 5.75 Å². The zero-order valence-electron chi connectivity index (χ0n) is 11.2. The Morgan fingerprint density at radius 2 is 1.55 bits per heavy atom. The Hall–Kier alpha value is -2.61. The standard InChI is InChI=1S/C18H14O2/c1-13-9-11-15(12-10-13)18(19)20-17-8-4-6-14-5-2-3-7-16(14)17/h2-12H,1H3. The molecule has 0 saturated carbocycles. The summed E-state index contributed by atoms with van der Waals surface area (Å²) in [6.07, 6.45) is 0. The molecule has 3 rings (SSSR count). The van der Waals surface area contributed by atoms with E-state index >= 15 is 0 Å². The molecule has 0 heterocycles. The first-order valence-electron chi connectivity index (χ1n) is 6.51. The molecule has 0 saturated heterocycles. The molecule has 20 heavy (non-hydrogen) atoms. The maximum Gasteiger partial charge on any atom is 0.343 e. The van der Waals surface area contributed by atoms with Crippen molar-refractivity contribution in [3.8, 4) is 5.75 Å². The van der Waals surface area contributed by atoms with Gasteiger partial charge in [-0.05, 0) is 30.5 Å². The van der Waals surface area contributed by atoms with Crippen LogP contribution in [0, 0.1) is 6.92 Å². The van der Waals surface area contributed by atoms with Gasteiger partial charge in [0.05, 0.1) is 5.56 Å². The normalized spacial score (nSPS) is 10.4. The number of benzene rings is 3. The number of aryl methyl sites for hydroxylation is 1. The van der Waals surface area contributed by atoms with E-state index in [9.17, 15) is 4.79 Å². The lowest BCUT2D eigenvalue weighted by Crippen LogP contribution is -2.08. The number of hydrogen-bond acceptors (Lipinski definition) is 2. The minimum atomic E-state index is -0.332. The van der Waals surface area contributed by atoms with Crippen LogP contribution in [0.15, 0.2) is 66.7 Å². The van der Waals surface area contributed by atoms with E-state index in [2.05, 4.69) is 0 Å². The Kier molecular flexibility index (Phi) is 3.21. The predicted molar refractivity (Wildman–Crippen MR) is 80.1 cm³/mol. The summed E-state index contributed by atoms with van der Waals surface area (Å²) in [5.74, 6) is 0.259. The first kappa shape index (κ1) is 12.4. The van der Waals surface area contributed by atoms with Crippen LogP contribution in [0.2, 0.25) is 0 Å². The summed E-state index contributed by atoms with van der Waals surface area (Å²) in [6, 6.07) is 20.9. The van der Waals surface area contributed by atoms with E-state index in [0.29, 0.717) is 11.3 Å². The van der Waals surface area contributed by atoms with Crippen molar-refractivity contribution in [3.05, 3.63) is 77.9 Å². The van der Waals surface area contributed by atoms with Crippen molar-refractivity contribution >= 4 is 16.7 Å². The molecule has 0 unspecified atom stereocenters. The van der Waals surface area contributed by atoms with E-state index in [-0.39, 0.29) is 5.97 Å². The Morgan fingerprint density at radius 1 is 0.850 bits per heavy atom. The van der Waals surface area contributed by atoms with Crippen LogP contribution in [-0.4, -0.2) is 5.97 Å². The number of fused-ring (bicyclic) bond motifs is 1. The second kappa shape index (κ2) is 5.17. The fourth-order valence-electron chi connectivity index (χ4n) is 2.13. The molecule has 0 spiro atoms. The third-order valence-electron chi connectivity index (χ3n) is 3.24. The van der Waals surface area contributed by atoms with Crippen LogP contribution in [0.4, 0.5) is 0 Å². The van der Waals surface area contributed by atoms with Gasteiger partial charge in [-0.2, -0.15) is 0 Å². The van der Waals surface area contributed by atoms with E-state index in [4.69, 9.17) is 4.74 Å². The van der Waals surface area contributed by atoms with Crippen LogP contribution >= 0.6 is 0 Å². The second-order valence-electron chi connectivity index (χ2n) is 4.73. The van der Waals surface area contributed by atoms with Crippen LogP contribution in [0.3, 0.4) is 0 Å². The molecular formula is C18H14O2. The second-order valence-corrected chi connectivity index (χ2v) is 4.73. The lowest BCUT2D eigenvalue weighted by atomic mass is 10.1. The highest BCUT2D eigenvalue weighted by Gasteiger charge is 2.10. The van der Waals surface area contributed by atoms with E-state index in [0.717, 1.165) is 16.3 Å². The van der Waals surface area contributed by atoms with Crippen LogP contribution in [0.25, 0.3) is 10.8 Å². The number of carbonyl (C=O) groups excluding carboxylic acids is 1. The van der Waals surface area contributed by atoms with Gasteiger partial charge >= 0.3 is 5.97 Å². The molecule has 0 aromatic heterocycles. The van der Waals surface area contributed by atoms with E-state index < -0.39 is 0 Å². The lowest BCUT2D eigenvalue weighted by Gasteiger charge is -2.07. The molecule has 0 radical (unpaired) electrons. The summed E-state index contributed by atoms with van der Waals surface area (Å²) in [6.45, 7) is 1.99. The molecule has 98 valence electrons. The molecule has 2 heteroatoms. The largest absolute Gasteiger partial charge is 0.422 e. The average Bonchev–Trinajstić information content (AvgIpc) is 2.48. The molecule has 0 N–H and O–H groups in total. The van der Waals surface area contributed by atoms with Crippen LogP contribution in [0.5, 0.6) is 5.75 Å². The Bertz CT molecular complexity index is 752. The summed E-state index contributed by atoms with van der Waals surface area (Å²) < 4.78 is 5.51. The van der Waals surface area contributed by atoms with Crippen molar-refractivity contribution in [2.75, 3.05) is 0 Å². The number of hydrogen-bond donors (Lipinski definition) is 0. The van der Waals surface area contributed by atoms with Gasteiger partial charge in [-0.25, -0.2) is 4.79 Å². The molecule has 0 aliphatic heterocycles. The van der Waals surface area contributed by atoms with Gasteiger partial charge in [-0.1, -0.05) is 54.1 Å². The van der Waals surface area contributed by atoms with E-state index in [1.54, 1.807) is 12.1 Å².